The molecule has 0 aliphatic carbocycles. The maximum atomic E-state index is 13.2. The Morgan fingerprint density at radius 1 is 1.29 bits per heavy atom. The Hall–Kier alpha value is -2.56. The molecule has 0 fully saturated rings. The van der Waals surface area contributed by atoms with Crippen molar-refractivity contribution >= 4 is 11.6 Å². The first-order valence-electron chi connectivity index (χ1n) is 6.54. The highest BCUT2D eigenvalue weighted by atomic mass is 19.1. The summed E-state index contributed by atoms with van der Waals surface area (Å²) >= 11 is 0. The van der Waals surface area contributed by atoms with Crippen molar-refractivity contribution in [2.75, 3.05) is 11.9 Å². The smallest absolute Gasteiger partial charge is 0.259 e. The van der Waals surface area contributed by atoms with E-state index in [9.17, 15) is 14.3 Å². The van der Waals surface area contributed by atoms with Crippen LogP contribution in [-0.4, -0.2) is 17.6 Å². The number of carbonyl (C=O) groups is 1. The number of aryl methyl sites for hydroxylation is 1. The summed E-state index contributed by atoms with van der Waals surface area (Å²) in [5.74, 6) is -0.797. The van der Waals surface area contributed by atoms with E-state index in [0.29, 0.717) is 12.3 Å². The van der Waals surface area contributed by atoms with Crippen LogP contribution in [0.2, 0.25) is 0 Å². The fraction of sp³-hybridized carbons (Fsp3) is 0.188. The van der Waals surface area contributed by atoms with Gasteiger partial charge in [0.15, 0.2) is 0 Å². The van der Waals surface area contributed by atoms with E-state index in [1.807, 2.05) is 6.92 Å². The maximum Gasteiger partial charge on any atom is 0.259 e. The van der Waals surface area contributed by atoms with Crippen LogP contribution in [0.1, 0.15) is 22.8 Å². The number of amides is 1. The van der Waals surface area contributed by atoms with Crippen LogP contribution in [0.3, 0.4) is 0 Å². The lowest BCUT2D eigenvalue weighted by molar-refractivity contribution is 0.102. The highest BCUT2D eigenvalue weighted by Gasteiger charge is 2.14. The van der Waals surface area contributed by atoms with Crippen molar-refractivity contribution < 1.29 is 19.0 Å². The molecule has 0 unspecified atom stereocenters. The van der Waals surface area contributed by atoms with Crippen molar-refractivity contribution in [3.05, 3.63) is 53.3 Å². The van der Waals surface area contributed by atoms with Crippen LogP contribution in [0.4, 0.5) is 10.1 Å². The molecule has 5 heteroatoms. The maximum absolute atomic E-state index is 13.2. The molecule has 2 aromatic carbocycles. The number of phenols is 1. The SMILES string of the molecule is CCOc1cc(F)ccc1NC(=O)c1cc(C)ccc1O. The van der Waals surface area contributed by atoms with Gasteiger partial charge in [0, 0.05) is 6.07 Å². The molecule has 2 aromatic rings. The minimum absolute atomic E-state index is 0.113. The molecule has 21 heavy (non-hydrogen) atoms. The molecule has 2 rings (SSSR count). The Bertz CT molecular complexity index is 671. The molecule has 110 valence electrons. The lowest BCUT2D eigenvalue weighted by atomic mass is 10.1. The largest absolute Gasteiger partial charge is 0.507 e. The Labute approximate surface area is 122 Å². The molecule has 0 saturated heterocycles. The summed E-state index contributed by atoms with van der Waals surface area (Å²) in [4.78, 5) is 12.2. The average Bonchev–Trinajstić information content (AvgIpc) is 2.44. The first-order chi connectivity index (χ1) is 10.0. The van der Waals surface area contributed by atoms with E-state index in [-0.39, 0.29) is 17.1 Å². The van der Waals surface area contributed by atoms with E-state index in [0.717, 1.165) is 5.56 Å². The Kier molecular flexibility index (Phi) is 4.42. The highest BCUT2D eigenvalue weighted by Crippen LogP contribution is 2.27. The summed E-state index contributed by atoms with van der Waals surface area (Å²) < 4.78 is 18.5. The molecule has 1 amide bonds. The summed E-state index contributed by atoms with van der Waals surface area (Å²) in [7, 11) is 0. The van der Waals surface area contributed by atoms with Crippen molar-refractivity contribution in [2.24, 2.45) is 0 Å². The van der Waals surface area contributed by atoms with Crippen LogP contribution < -0.4 is 10.1 Å². The van der Waals surface area contributed by atoms with Crippen molar-refractivity contribution in [3.63, 3.8) is 0 Å². The number of ether oxygens (including phenoxy) is 1. The molecule has 4 nitrogen and oxygen atoms in total. The molecular formula is C16H16FNO3. The van der Waals surface area contributed by atoms with Crippen LogP contribution in [0.25, 0.3) is 0 Å². The fourth-order valence-corrected chi connectivity index (χ4v) is 1.90. The number of phenolic OH excluding ortho intramolecular Hbond substituents is 1. The van der Waals surface area contributed by atoms with Crippen LogP contribution in [0.15, 0.2) is 36.4 Å². The van der Waals surface area contributed by atoms with Crippen molar-refractivity contribution in [2.45, 2.75) is 13.8 Å². The monoisotopic (exact) mass is 289 g/mol. The Morgan fingerprint density at radius 2 is 2.05 bits per heavy atom. The van der Waals surface area contributed by atoms with E-state index in [1.54, 1.807) is 19.1 Å². The molecule has 0 radical (unpaired) electrons. The fourth-order valence-electron chi connectivity index (χ4n) is 1.90. The van der Waals surface area contributed by atoms with Crippen LogP contribution >= 0.6 is 0 Å². The van der Waals surface area contributed by atoms with Gasteiger partial charge in [0.1, 0.15) is 17.3 Å². The van der Waals surface area contributed by atoms with Gasteiger partial charge in [0.25, 0.3) is 5.91 Å². The molecule has 0 heterocycles. The molecule has 0 bridgehead atoms. The number of aromatic hydroxyl groups is 1. The average molecular weight is 289 g/mol. The Balaban J connectivity index is 2.29. The number of anilines is 1. The highest BCUT2D eigenvalue weighted by molar-refractivity contribution is 6.06. The van der Waals surface area contributed by atoms with Crippen molar-refractivity contribution in [1.82, 2.24) is 0 Å². The van der Waals surface area contributed by atoms with Gasteiger partial charge in [-0.2, -0.15) is 0 Å². The summed E-state index contributed by atoms with van der Waals surface area (Å²) in [6.07, 6.45) is 0. The van der Waals surface area contributed by atoms with Gasteiger partial charge in [-0.1, -0.05) is 11.6 Å². The number of hydrogen-bond acceptors (Lipinski definition) is 3. The zero-order valence-corrected chi connectivity index (χ0v) is 11.8. The molecule has 0 atom stereocenters. The van der Waals surface area contributed by atoms with Crippen LogP contribution in [0, 0.1) is 12.7 Å². The van der Waals surface area contributed by atoms with Gasteiger partial charge < -0.3 is 15.2 Å². The molecule has 0 aliphatic heterocycles. The van der Waals surface area contributed by atoms with Crippen molar-refractivity contribution in [1.29, 1.82) is 0 Å². The van der Waals surface area contributed by atoms with E-state index >= 15 is 0 Å². The first-order valence-corrected chi connectivity index (χ1v) is 6.54. The second-order valence-electron chi connectivity index (χ2n) is 4.55. The summed E-state index contributed by atoms with van der Waals surface area (Å²) in [5.41, 5.74) is 1.35. The number of rotatable bonds is 4. The van der Waals surface area contributed by atoms with Gasteiger partial charge >= 0.3 is 0 Å². The second-order valence-corrected chi connectivity index (χ2v) is 4.55. The van der Waals surface area contributed by atoms with E-state index in [4.69, 9.17) is 4.74 Å². The standard InChI is InChI=1S/C16H16FNO3/c1-3-21-15-9-11(17)5-6-13(15)18-16(20)12-8-10(2)4-7-14(12)19/h4-9,19H,3H2,1-2H3,(H,18,20). The topological polar surface area (TPSA) is 58.6 Å². The summed E-state index contributed by atoms with van der Waals surface area (Å²) in [6, 6.07) is 8.59. The number of benzene rings is 2. The zero-order valence-electron chi connectivity index (χ0n) is 11.8. The zero-order chi connectivity index (χ0) is 15.4. The molecule has 0 aliphatic rings. The molecule has 0 spiro atoms. The molecule has 0 saturated carbocycles. The Morgan fingerprint density at radius 3 is 2.76 bits per heavy atom. The number of hydrogen-bond donors (Lipinski definition) is 2. The number of carbonyl (C=O) groups excluding carboxylic acids is 1. The predicted molar refractivity (Wildman–Crippen MR) is 78.4 cm³/mol. The molecule has 2 N–H and O–H groups in total. The first kappa shape index (κ1) is 14.8. The van der Waals surface area contributed by atoms with E-state index in [2.05, 4.69) is 5.32 Å². The minimum atomic E-state index is -0.483. The van der Waals surface area contributed by atoms with Gasteiger partial charge in [-0.3, -0.25) is 4.79 Å². The third-order valence-electron chi connectivity index (χ3n) is 2.89. The van der Waals surface area contributed by atoms with Gasteiger partial charge in [0.05, 0.1) is 17.9 Å². The third-order valence-corrected chi connectivity index (χ3v) is 2.89. The summed E-state index contributed by atoms with van der Waals surface area (Å²) in [5, 5.41) is 12.4. The quantitative estimate of drug-likeness (QED) is 0.905. The minimum Gasteiger partial charge on any atom is -0.507 e. The van der Waals surface area contributed by atoms with Crippen LogP contribution in [-0.2, 0) is 0 Å². The number of nitrogens with one attached hydrogen (secondary N) is 1. The van der Waals surface area contributed by atoms with Gasteiger partial charge in [-0.25, -0.2) is 4.39 Å². The number of halogens is 1. The molecule has 0 aromatic heterocycles. The lowest BCUT2D eigenvalue weighted by Crippen LogP contribution is -2.13. The lowest BCUT2D eigenvalue weighted by Gasteiger charge is -2.12. The van der Waals surface area contributed by atoms with Gasteiger partial charge in [0.2, 0.25) is 0 Å². The normalized spacial score (nSPS) is 10.2. The van der Waals surface area contributed by atoms with Crippen molar-refractivity contribution in [3.8, 4) is 11.5 Å². The second kappa shape index (κ2) is 6.26. The predicted octanol–water partition coefficient (Wildman–Crippen LogP) is 3.49. The van der Waals surface area contributed by atoms with Crippen LogP contribution in [0.5, 0.6) is 11.5 Å². The van der Waals surface area contributed by atoms with E-state index < -0.39 is 11.7 Å². The third kappa shape index (κ3) is 3.51. The summed E-state index contributed by atoms with van der Waals surface area (Å²) in [6.45, 7) is 3.94. The molecular weight excluding hydrogens is 273 g/mol. The van der Waals surface area contributed by atoms with Gasteiger partial charge in [-0.05, 0) is 38.1 Å². The van der Waals surface area contributed by atoms with Gasteiger partial charge in [-0.15, -0.1) is 0 Å². The van der Waals surface area contributed by atoms with E-state index in [1.165, 1.54) is 24.3 Å².